The van der Waals surface area contributed by atoms with Gasteiger partial charge in [-0.15, -0.1) is 0 Å². The monoisotopic (exact) mass is 343 g/mol. The van der Waals surface area contributed by atoms with Crippen LogP contribution in [-0.4, -0.2) is 14.6 Å². The van der Waals surface area contributed by atoms with Crippen LogP contribution in [0.4, 0.5) is 0 Å². The maximum atomic E-state index is 12.5. The molecular formula is C19H25N3OS. The summed E-state index contributed by atoms with van der Waals surface area (Å²) in [6, 6.07) is 7.47. The van der Waals surface area contributed by atoms with Crippen molar-refractivity contribution in [3.05, 3.63) is 39.6 Å². The number of nitrogens with zero attached hydrogens (tertiary/aromatic N) is 3. The molecule has 0 unspecified atom stereocenters. The minimum atomic E-state index is -0.0611. The molecule has 0 N–H and O–H groups in total. The topological polar surface area (TPSA) is 47.3 Å². The van der Waals surface area contributed by atoms with Gasteiger partial charge in [-0.2, -0.15) is 9.61 Å². The van der Waals surface area contributed by atoms with Crippen LogP contribution < -0.4 is 5.56 Å². The molecule has 0 amide bonds. The summed E-state index contributed by atoms with van der Waals surface area (Å²) < 4.78 is 1.47. The van der Waals surface area contributed by atoms with Crippen molar-refractivity contribution in [1.82, 2.24) is 14.6 Å². The molecule has 0 aliphatic heterocycles. The van der Waals surface area contributed by atoms with Gasteiger partial charge in [0.25, 0.3) is 5.56 Å². The second-order valence-electron chi connectivity index (χ2n) is 6.35. The average molecular weight is 343 g/mol. The van der Waals surface area contributed by atoms with Crippen LogP contribution in [0.1, 0.15) is 63.3 Å². The number of unbranched alkanes of at least 4 members (excludes halogenated alkanes) is 7. The number of aromatic nitrogens is 3. The number of aryl methyl sites for hydroxylation is 1. The van der Waals surface area contributed by atoms with Gasteiger partial charge in [-0.3, -0.25) is 4.79 Å². The van der Waals surface area contributed by atoms with Crippen LogP contribution in [0.15, 0.2) is 29.1 Å². The Morgan fingerprint density at radius 1 is 1.00 bits per heavy atom. The van der Waals surface area contributed by atoms with E-state index in [2.05, 4.69) is 17.0 Å². The van der Waals surface area contributed by atoms with E-state index in [0.29, 0.717) is 10.3 Å². The Hall–Kier alpha value is -1.75. The standard InChI is InChI=1S/C19H25N3OS/c1-2-3-4-5-6-7-8-9-14-17-21-22-18(23)15-12-10-11-13-16(15)20-19(22)24-17/h10-13H,2-9,14H2,1H3. The van der Waals surface area contributed by atoms with Crippen molar-refractivity contribution < 1.29 is 0 Å². The Morgan fingerprint density at radius 3 is 2.50 bits per heavy atom. The third-order valence-corrected chi connectivity index (χ3v) is 5.36. The van der Waals surface area contributed by atoms with E-state index >= 15 is 0 Å². The minimum Gasteiger partial charge on any atom is -0.267 e. The lowest BCUT2D eigenvalue weighted by atomic mass is 10.1. The first kappa shape index (κ1) is 17.1. The molecule has 4 nitrogen and oxygen atoms in total. The zero-order chi connectivity index (χ0) is 16.8. The molecule has 0 spiro atoms. The van der Waals surface area contributed by atoms with Gasteiger partial charge in [0.2, 0.25) is 4.96 Å². The first-order chi connectivity index (χ1) is 11.8. The van der Waals surface area contributed by atoms with Crippen LogP contribution in [0.2, 0.25) is 0 Å². The highest BCUT2D eigenvalue weighted by Crippen LogP contribution is 2.17. The van der Waals surface area contributed by atoms with Gasteiger partial charge in [-0.25, -0.2) is 4.98 Å². The number of rotatable bonds is 9. The SMILES string of the molecule is CCCCCCCCCCc1nn2c(=O)c3ccccc3nc2s1. The summed E-state index contributed by atoms with van der Waals surface area (Å²) in [5.74, 6) is 0. The summed E-state index contributed by atoms with van der Waals surface area (Å²) in [6.07, 6.45) is 11.4. The van der Waals surface area contributed by atoms with Crippen molar-refractivity contribution in [2.75, 3.05) is 0 Å². The first-order valence-corrected chi connectivity index (χ1v) is 9.88. The van der Waals surface area contributed by atoms with Crippen molar-refractivity contribution >= 4 is 27.2 Å². The van der Waals surface area contributed by atoms with Gasteiger partial charge in [0.15, 0.2) is 0 Å². The molecule has 0 saturated heterocycles. The third-order valence-electron chi connectivity index (χ3n) is 4.39. The molecule has 0 aliphatic carbocycles. The van der Waals surface area contributed by atoms with E-state index in [1.165, 1.54) is 49.5 Å². The second-order valence-corrected chi connectivity index (χ2v) is 7.39. The minimum absolute atomic E-state index is 0.0611. The molecule has 2 heterocycles. The van der Waals surface area contributed by atoms with Crippen LogP contribution in [0.25, 0.3) is 15.9 Å². The van der Waals surface area contributed by atoms with E-state index in [1.807, 2.05) is 24.3 Å². The summed E-state index contributed by atoms with van der Waals surface area (Å²) in [6.45, 7) is 2.25. The van der Waals surface area contributed by atoms with Crippen molar-refractivity contribution in [2.45, 2.75) is 64.7 Å². The molecule has 24 heavy (non-hydrogen) atoms. The Morgan fingerprint density at radius 2 is 1.71 bits per heavy atom. The van der Waals surface area contributed by atoms with E-state index in [-0.39, 0.29) is 5.56 Å². The van der Waals surface area contributed by atoms with Crippen LogP contribution in [0, 0.1) is 0 Å². The lowest BCUT2D eigenvalue weighted by molar-refractivity contribution is 0.574. The molecule has 0 atom stereocenters. The normalized spacial score (nSPS) is 11.5. The van der Waals surface area contributed by atoms with E-state index in [9.17, 15) is 4.79 Å². The smallest absolute Gasteiger partial charge is 0.267 e. The molecule has 0 aliphatic rings. The summed E-state index contributed by atoms with van der Waals surface area (Å²) in [7, 11) is 0. The fourth-order valence-electron chi connectivity index (χ4n) is 3.01. The van der Waals surface area contributed by atoms with Crippen molar-refractivity contribution in [3.63, 3.8) is 0 Å². The highest BCUT2D eigenvalue weighted by Gasteiger charge is 2.10. The average Bonchev–Trinajstić information content (AvgIpc) is 3.01. The van der Waals surface area contributed by atoms with Crippen LogP contribution in [0.3, 0.4) is 0 Å². The van der Waals surface area contributed by atoms with Gasteiger partial charge < -0.3 is 0 Å². The Labute approximate surface area is 146 Å². The van der Waals surface area contributed by atoms with Crippen molar-refractivity contribution in [2.24, 2.45) is 0 Å². The van der Waals surface area contributed by atoms with Gasteiger partial charge in [-0.1, -0.05) is 75.3 Å². The number of fused-ring (bicyclic) bond motifs is 2. The van der Waals surface area contributed by atoms with Gasteiger partial charge in [0.1, 0.15) is 5.01 Å². The molecule has 0 fully saturated rings. The van der Waals surface area contributed by atoms with Crippen molar-refractivity contribution in [1.29, 1.82) is 0 Å². The Bertz CT molecular complexity index is 853. The van der Waals surface area contributed by atoms with Gasteiger partial charge >= 0.3 is 0 Å². The number of para-hydroxylation sites is 1. The predicted molar refractivity (Wildman–Crippen MR) is 101 cm³/mol. The summed E-state index contributed by atoms with van der Waals surface area (Å²) in [5.41, 5.74) is 0.693. The second kappa shape index (κ2) is 8.38. The molecule has 3 rings (SSSR count). The Balaban J connectivity index is 1.57. The number of benzene rings is 1. The molecule has 0 saturated carbocycles. The molecule has 0 radical (unpaired) electrons. The predicted octanol–water partition coefficient (Wildman–Crippen LogP) is 4.99. The molecule has 128 valence electrons. The summed E-state index contributed by atoms with van der Waals surface area (Å²) in [5, 5.41) is 6.13. The Kier molecular flexibility index (Phi) is 5.96. The number of hydrogen-bond acceptors (Lipinski definition) is 4. The first-order valence-electron chi connectivity index (χ1n) is 9.07. The quantitative estimate of drug-likeness (QED) is 0.514. The van der Waals surface area contributed by atoms with Crippen LogP contribution >= 0.6 is 11.3 Å². The van der Waals surface area contributed by atoms with Gasteiger partial charge in [-0.05, 0) is 18.6 Å². The highest BCUT2D eigenvalue weighted by molar-refractivity contribution is 7.16. The zero-order valence-corrected chi connectivity index (χ0v) is 15.1. The van der Waals surface area contributed by atoms with E-state index in [0.717, 1.165) is 23.4 Å². The molecule has 1 aromatic carbocycles. The molecule has 0 bridgehead atoms. The van der Waals surface area contributed by atoms with Crippen LogP contribution in [0.5, 0.6) is 0 Å². The van der Waals surface area contributed by atoms with Crippen LogP contribution in [-0.2, 0) is 6.42 Å². The highest BCUT2D eigenvalue weighted by atomic mass is 32.1. The van der Waals surface area contributed by atoms with Gasteiger partial charge in [0.05, 0.1) is 10.9 Å². The number of hydrogen-bond donors (Lipinski definition) is 0. The van der Waals surface area contributed by atoms with Crippen molar-refractivity contribution in [3.8, 4) is 0 Å². The largest absolute Gasteiger partial charge is 0.283 e. The third kappa shape index (κ3) is 4.01. The van der Waals surface area contributed by atoms with E-state index < -0.39 is 0 Å². The fraction of sp³-hybridized carbons (Fsp3) is 0.526. The molecule has 2 aromatic heterocycles. The fourth-order valence-corrected chi connectivity index (χ4v) is 3.94. The van der Waals surface area contributed by atoms with E-state index in [4.69, 9.17) is 0 Å². The summed E-state index contributed by atoms with van der Waals surface area (Å²) >= 11 is 1.54. The maximum absolute atomic E-state index is 12.5. The summed E-state index contributed by atoms with van der Waals surface area (Å²) in [4.78, 5) is 17.7. The lowest BCUT2D eigenvalue weighted by Crippen LogP contribution is -2.15. The van der Waals surface area contributed by atoms with Gasteiger partial charge in [0, 0.05) is 6.42 Å². The maximum Gasteiger partial charge on any atom is 0.283 e. The lowest BCUT2D eigenvalue weighted by Gasteiger charge is -2.00. The zero-order valence-electron chi connectivity index (χ0n) is 14.3. The van der Waals surface area contributed by atoms with E-state index in [1.54, 1.807) is 11.3 Å². The molecule has 3 aromatic rings. The molecular weight excluding hydrogens is 318 g/mol. The molecule has 5 heteroatoms.